The van der Waals surface area contributed by atoms with Gasteiger partial charge in [0.2, 0.25) is 0 Å². The van der Waals surface area contributed by atoms with Gasteiger partial charge in [-0.15, -0.1) is 0 Å². The number of hydrogen-bond donors (Lipinski definition) is 1. The predicted molar refractivity (Wildman–Crippen MR) is 44.9 cm³/mol. The van der Waals surface area contributed by atoms with Crippen molar-refractivity contribution in [2.24, 2.45) is 0 Å². The van der Waals surface area contributed by atoms with Crippen LogP contribution in [-0.4, -0.2) is 15.1 Å². The van der Waals surface area contributed by atoms with Crippen LogP contribution in [0.1, 0.15) is 0 Å². The van der Waals surface area contributed by atoms with Gasteiger partial charge in [0.15, 0.2) is 5.82 Å². The number of aromatic amines is 1. The molecular formula is C7H4FN3OS. The van der Waals surface area contributed by atoms with Crippen molar-refractivity contribution in [2.45, 2.75) is 0 Å². The van der Waals surface area contributed by atoms with E-state index < -0.39 is 5.82 Å². The zero-order chi connectivity index (χ0) is 9.26. The highest BCUT2D eigenvalue weighted by atomic mass is 32.1. The molecule has 2 rings (SSSR count). The van der Waals surface area contributed by atoms with Crippen molar-refractivity contribution in [3.05, 3.63) is 29.0 Å². The summed E-state index contributed by atoms with van der Waals surface area (Å²) >= 11 is 4.65. The van der Waals surface area contributed by atoms with Crippen molar-refractivity contribution in [1.82, 2.24) is 15.1 Å². The number of nitrogens with one attached hydrogen (secondary N) is 1. The van der Waals surface area contributed by atoms with Crippen molar-refractivity contribution < 1.29 is 8.91 Å². The minimum Gasteiger partial charge on any atom is -0.348 e. The van der Waals surface area contributed by atoms with E-state index in [-0.39, 0.29) is 4.84 Å². The Morgan fingerprint density at radius 2 is 2.31 bits per heavy atom. The van der Waals surface area contributed by atoms with E-state index in [2.05, 4.69) is 27.3 Å². The maximum absolute atomic E-state index is 12.5. The predicted octanol–water partition coefficient (Wildman–Crippen LogP) is 1.93. The molecule has 0 aliphatic rings. The number of halogens is 1. The Morgan fingerprint density at radius 1 is 1.46 bits per heavy atom. The fraction of sp³-hybridized carbons (Fsp3) is 0. The fourth-order valence-corrected chi connectivity index (χ4v) is 0.987. The molecule has 0 bridgehead atoms. The lowest BCUT2D eigenvalue weighted by molar-refractivity contribution is 0.406. The summed E-state index contributed by atoms with van der Waals surface area (Å²) < 4.78 is 17.2. The van der Waals surface area contributed by atoms with Gasteiger partial charge in [-0.2, -0.15) is 10.1 Å². The summed E-state index contributed by atoms with van der Waals surface area (Å²) in [5.74, 6) is -0.00385. The van der Waals surface area contributed by atoms with Crippen LogP contribution in [0, 0.1) is 10.7 Å². The van der Waals surface area contributed by atoms with Crippen molar-refractivity contribution in [3.63, 3.8) is 0 Å². The first-order valence-corrected chi connectivity index (χ1v) is 3.84. The topological polar surface area (TPSA) is 54.7 Å². The van der Waals surface area contributed by atoms with Gasteiger partial charge in [-0.3, -0.25) is 0 Å². The van der Waals surface area contributed by atoms with E-state index in [1.165, 1.54) is 12.1 Å². The van der Waals surface area contributed by atoms with Crippen molar-refractivity contribution in [2.75, 3.05) is 0 Å². The number of hydrogen-bond acceptors (Lipinski definition) is 4. The third-order valence-electron chi connectivity index (χ3n) is 1.41. The monoisotopic (exact) mass is 197 g/mol. The van der Waals surface area contributed by atoms with Gasteiger partial charge < -0.3 is 4.52 Å². The third kappa shape index (κ3) is 1.62. The minimum absolute atomic E-state index is 0.0983. The molecule has 2 aromatic rings. The molecule has 0 fully saturated rings. The van der Waals surface area contributed by atoms with Crippen LogP contribution in [0.15, 0.2) is 22.9 Å². The van der Waals surface area contributed by atoms with Gasteiger partial charge >= 0.3 is 4.84 Å². The summed E-state index contributed by atoms with van der Waals surface area (Å²) in [6.45, 7) is 0. The van der Waals surface area contributed by atoms with Crippen LogP contribution in [0.4, 0.5) is 4.39 Å². The molecule has 0 atom stereocenters. The average Bonchev–Trinajstić information content (AvgIpc) is 2.53. The summed E-state index contributed by atoms with van der Waals surface area (Å²) in [7, 11) is 0. The molecule has 0 aromatic carbocycles. The molecule has 6 heteroatoms. The van der Waals surface area contributed by atoms with Gasteiger partial charge in [-0.25, -0.2) is 9.37 Å². The Morgan fingerprint density at radius 3 is 2.85 bits per heavy atom. The molecule has 0 unspecified atom stereocenters. The first kappa shape index (κ1) is 8.06. The smallest absolute Gasteiger partial charge is 0.314 e. The maximum Gasteiger partial charge on any atom is 0.314 e. The standard InChI is InChI=1S/C7H4FN3OS/c8-4-1-2-5(9-3-4)6-10-7(13)12-11-6/h1-3H,(H,10,11,13). The van der Waals surface area contributed by atoms with Crippen LogP contribution in [0.2, 0.25) is 0 Å². The molecule has 1 N–H and O–H groups in total. The molecule has 13 heavy (non-hydrogen) atoms. The molecule has 0 saturated heterocycles. The van der Waals surface area contributed by atoms with E-state index in [0.29, 0.717) is 11.5 Å². The van der Waals surface area contributed by atoms with Crippen molar-refractivity contribution in [1.29, 1.82) is 0 Å². The number of H-pyrrole nitrogens is 1. The second-order valence-corrected chi connectivity index (χ2v) is 2.64. The second-order valence-electron chi connectivity index (χ2n) is 2.29. The molecule has 4 nitrogen and oxygen atoms in total. The molecule has 0 spiro atoms. The van der Waals surface area contributed by atoms with Crippen molar-refractivity contribution in [3.8, 4) is 11.5 Å². The first-order valence-electron chi connectivity index (χ1n) is 3.43. The average molecular weight is 197 g/mol. The lowest BCUT2D eigenvalue weighted by atomic mass is 10.3. The maximum atomic E-state index is 12.5. The van der Waals surface area contributed by atoms with E-state index in [1.807, 2.05) is 0 Å². The van der Waals surface area contributed by atoms with Crippen LogP contribution in [0.5, 0.6) is 0 Å². The highest BCUT2D eigenvalue weighted by Crippen LogP contribution is 2.10. The number of aromatic nitrogens is 3. The van der Waals surface area contributed by atoms with E-state index in [4.69, 9.17) is 4.52 Å². The van der Waals surface area contributed by atoms with Crippen LogP contribution < -0.4 is 0 Å². The third-order valence-corrected chi connectivity index (χ3v) is 1.58. The van der Waals surface area contributed by atoms with E-state index in [0.717, 1.165) is 6.20 Å². The Labute approximate surface area is 77.4 Å². The van der Waals surface area contributed by atoms with Gasteiger partial charge in [0.1, 0.15) is 11.5 Å². The SMILES string of the molecule is Fc1ccc(-c2nc(=S)o[nH]2)nc1. The van der Waals surface area contributed by atoms with Gasteiger partial charge in [0.25, 0.3) is 0 Å². The van der Waals surface area contributed by atoms with Crippen LogP contribution >= 0.6 is 12.2 Å². The van der Waals surface area contributed by atoms with Crippen LogP contribution in [0.3, 0.4) is 0 Å². The summed E-state index contributed by atoms with van der Waals surface area (Å²) in [4.78, 5) is 7.70. The largest absolute Gasteiger partial charge is 0.348 e. The van der Waals surface area contributed by atoms with E-state index >= 15 is 0 Å². The molecule has 2 aromatic heterocycles. The molecule has 0 radical (unpaired) electrons. The fourth-order valence-electron chi connectivity index (χ4n) is 0.854. The Balaban J connectivity index is 2.47. The molecule has 0 aliphatic heterocycles. The molecule has 0 aliphatic carbocycles. The van der Waals surface area contributed by atoms with Gasteiger partial charge in [0, 0.05) is 0 Å². The zero-order valence-electron chi connectivity index (χ0n) is 6.32. The molecule has 0 amide bonds. The summed E-state index contributed by atoms with van der Waals surface area (Å²) in [6.07, 6.45) is 1.10. The summed E-state index contributed by atoms with van der Waals surface area (Å²) in [5, 5.41) is 2.47. The Bertz CT molecular complexity index is 461. The Hall–Kier alpha value is -1.56. The highest BCUT2D eigenvalue weighted by molar-refractivity contribution is 7.71. The summed E-state index contributed by atoms with van der Waals surface area (Å²) in [6, 6.07) is 2.77. The minimum atomic E-state index is -0.397. The summed E-state index contributed by atoms with van der Waals surface area (Å²) in [5.41, 5.74) is 0.487. The first-order chi connectivity index (χ1) is 6.25. The zero-order valence-corrected chi connectivity index (χ0v) is 7.14. The normalized spacial score (nSPS) is 10.2. The Kier molecular flexibility index (Phi) is 1.90. The number of pyridine rings is 1. The van der Waals surface area contributed by atoms with E-state index in [9.17, 15) is 4.39 Å². The molecule has 66 valence electrons. The number of rotatable bonds is 1. The quantitative estimate of drug-likeness (QED) is 0.710. The molecule has 2 heterocycles. The molecular weight excluding hydrogens is 193 g/mol. The second kappa shape index (κ2) is 3.06. The lowest BCUT2D eigenvalue weighted by Crippen LogP contribution is -1.85. The van der Waals surface area contributed by atoms with Crippen LogP contribution in [-0.2, 0) is 0 Å². The number of nitrogens with zero attached hydrogens (tertiary/aromatic N) is 2. The van der Waals surface area contributed by atoms with Gasteiger partial charge in [-0.05, 0) is 24.4 Å². The van der Waals surface area contributed by atoms with E-state index in [1.54, 1.807) is 0 Å². The van der Waals surface area contributed by atoms with Crippen LogP contribution in [0.25, 0.3) is 11.5 Å². The van der Waals surface area contributed by atoms with Crippen molar-refractivity contribution >= 4 is 12.2 Å². The van der Waals surface area contributed by atoms with Gasteiger partial charge in [0.05, 0.1) is 6.20 Å². The highest BCUT2D eigenvalue weighted by Gasteiger charge is 2.03. The molecule has 0 saturated carbocycles. The lowest BCUT2D eigenvalue weighted by Gasteiger charge is -1.91. The van der Waals surface area contributed by atoms with Gasteiger partial charge in [-0.1, -0.05) is 0 Å².